The van der Waals surface area contributed by atoms with E-state index >= 15 is 0 Å². The number of carboxylic acid groups (broad SMARTS) is 2. The minimum Gasteiger partial charge on any atom is -0.508 e. The Kier molecular flexibility index (Phi) is 37.9. The number of rotatable bonds is 36. The Hall–Kier alpha value is -9.26. The molecule has 3 heterocycles. The third-order valence-corrected chi connectivity index (χ3v) is 19.1. The number of hydrogen-bond acceptors (Lipinski definition) is 18. The largest absolute Gasteiger partial charge is 0.508 e. The molecule has 31 heteroatoms. The van der Waals surface area contributed by atoms with Gasteiger partial charge in [-0.2, -0.15) is 0 Å². The molecule has 2 aromatic carbocycles. The average Bonchev–Trinajstić information content (AvgIpc) is 1.79. The molecule has 0 radical (unpaired) electrons. The molecule has 0 aromatic heterocycles. The predicted molar refractivity (Wildman–Crippen MR) is 386 cm³/mol. The summed E-state index contributed by atoms with van der Waals surface area (Å²) in [6.45, 7) is 11.5. The number of carboxylic acids is 2. The summed E-state index contributed by atoms with van der Waals surface area (Å²) in [6.07, 6.45) is 7.68. The molecule has 3 aliphatic rings. The monoisotopic (exact) mass is 1470 g/mol. The first-order valence-electron chi connectivity index (χ1n) is 37.0. The van der Waals surface area contributed by atoms with Crippen molar-refractivity contribution in [2.24, 2.45) is 23.3 Å². The highest BCUT2D eigenvalue weighted by molar-refractivity contribution is 6.00. The number of aliphatic carboxylic acids is 2. The van der Waals surface area contributed by atoms with Crippen molar-refractivity contribution in [2.45, 2.75) is 281 Å². The topological polar surface area (TPSA) is 493 Å². The standard InChI is InChI=1S/C74H114N12O19/c1-8-44(3)22-18-16-14-12-10-11-13-15-17-19-25-59(90)77-52(35-38-60(91)92)65(96)78-51(23-20-40-75)64(95)81-56-43-48-28-32-50(33-29-48)105-72(103)62(45(4)9-2)83-67(98)55(42-47-26-30-49(88)31-27-47)82-66(97)53(34-37-58(76)89)79-70(101)57-24-21-41-86(57)73(104)74(6,7)85-69(100)54(36-39-61(93)94)80-71(102)63(46(5)87)84-68(56)99/h26-33,44-46,51-57,62-63,87-88H,8-25,34-43,75H2,1-7H3,(H2,76,89)(H,77,90)(H,78,96)(H,79,101)(H,80,102)(H,81,95)(H,82,97)(H,83,98)(H,84,99)(H,85,100)(H,91,92)(H,93,94). The van der Waals surface area contributed by atoms with E-state index in [1.807, 2.05) is 0 Å². The van der Waals surface area contributed by atoms with E-state index in [2.05, 4.69) is 61.7 Å². The Morgan fingerprint density at radius 1 is 0.610 bits per heavy atom. The fourth-order valence-electron chi connectivity index (χ4n) is 12.3. The van der Waals surface area contributed by atoms with Crippen LogP contribution in [0.5, 0.6) is 11.5 Å². The molecule has 3 aliphatic heterocycles. The molecule has 2 bridgehead atoms. The second-order valence-corrected chi connectivity index (χ2v) is 28.3. The number of ether oxygens (including phenoxy) is 1. The minimum absolute atomic E-state index is 0.00565. The Balaban J connectivity index is 1.75. The van der Waals surface area contributed by atoms with Gasteiger partial charge in [0, 0.05) is 45.1 Å². The molecular formula is C74H114N12O19. The Morgan fingerprint density at radius 3 is 1.76 bits per heavy atom. The molecule has 0 aliphatic carbocycles. The van der Waals surface area contributed by atoms with Crippen molar-refractivity contribution < 1.29 is 92.3 Å². The molecule has 1 fully saturated rings. The van der Waals surface area contributed by atoms with E-state index in [9.17, 15) is 87.5 Å². The van der Waals surface area contributed by atoms with Crippen molar-refractivity contribution >= 4 is 82.9 Å². The van der Waals surface area contributed by atoms with Crippen molar-refractivity contribution in [1.82, 2.24) is 52.8 Å². The number of phenols is 1. The number of unbranched alkanes of at least 4 members (excludes halogenated alkanes) is 9. The van der Waals surface area contributed by atoms with Crippen LogP contribution in [0.2, 0.25) is 0 Å². The maximum absolute atomic E-state index is 14.8. The molecule has 12 unspecified atom stereocenters. The van der Waals surface area contributed by atoms with Crippen molar-refractivity contribution in [3.8, 4) is 11.5 Å². The Morgan fingerprint density at radius 2 is 1.17 bits per heavy atom. The summed E-state index contributed by atoms with van der Waals surface area (Å²) < 4.78 is 5.84. The predicted octanol–water partition coefficient (Wildman–Crippen LogP) is 2.75. The van der Waals surface area contributed by atoms with Crippen LogP contribution in [0.3, 0.4) is 0 Å². The number of nitrogens with one attached hydrogen (secondary N) is 9. The summed E-state index contributed by atoms with van der Waals surface area (Å²) in [5, 5.41) is 63.8. The molecule has 0 spiro atoms. The molecule has 1 saturated heterocycles. The first kappa shape index (κ1) is 88.1. The fraction of sp³-hybridized carbons (Fsp3) is 0.649. The van der Waals surface area contributed by atoms with Crippen LogP contribution in [-0.2, 0) is 80.0 Å². The molecule has 31 nitrogen and oxygen atoms in total. The van der Waals surface area contributed by atoms with E-state index in [1.54, 1.807) is 13.8 Å². The molecule has 12 atom stereocenters. The number of primary amides is 1. The van der Waals surface area contributed by atoms with Gasteiger partial charge in [-0.15, -0.1) is 0 Å². The zero-order valence-corrected chi connectivity index (χ0v) is 61.9. The van der Waals surface area contributed by atoms with Crippen LogP contribution in [-0.4, -0.2) is 187 Å². The van der Waals surface area contributed by atoms with Gasteiger partial charge in [0.1, 0.15) is 71.4 Å². The number of nitrogens with two attached hydrogens (primary N) is 2. The van der Waals surface area contributed by atoms with Gasteiger partial charge in [-0.1, -0.05) is 129 Å². The van der Waals surface area contributed by atoms with E-state index in [1.165, 1.54) is 101 Å². The molecule has 2 aromatic rings. The highest BCUT2D eigenvalue weighted by Gasteiger charge is 2.44. The van der Waals surface area contributed by atoms with Crippen LogP contribution in [0.15, 0.2) is 48.5 Å². The van der Waals surface area contributed by atoms with Crippen molar-refractivity contribution in [3.05, 3.63) is 59.7 Å². The van der Waals surface area contributed by atoms with Crippen LogP contribution in [0.1, 0.15) is 214 Å². The van der Waals surface area contributed by atoms with Crippen LogP contribution in [0.4, 0.5) is 0 Å². The van der Waals surface area contributed by atoms with E-state index in [0.29, 0.717) is 18.4 Å². The number of hydrogen-bond donors (Lipinski definition) is 15. The number of carbonyl (C=O) groups is 14. The molecule has 17 N–H and O–H groups in total. The lowest BCUT2D eigenvalue weighted by Gasteiger charge is -2.35. The van der Waals surface area contributed by atoms with Gasteiger partial charge in [0.2, 0.25) is 65.0 Å². The van der Waals surface area contributed by atoms with Crippen LogP contribution in [0, 0.1) is 11.8 Å². The lowest BCUT2D eigenvalue weighted by molar-refractivity contribution is -0.146. The van der Waals surface area contributed by atoms with Gasteiger partial charge in [-0.25, -0.2) is 4.79 Å². The number of aliphatic hydroxyl groups is 1. The summed E-state index contributed by atoms with van der Waals surface area (Å²) in [4.78, 5) is 196. The van der Waals surface area contributed by atoms with Crippen molar-refractivity contribution in [1.29, 1.82) is 0 Å². The van der Waals surface area contributed by atoms with Gasteiger partial charge >= 0.3 is 17.9 Å². The van der Waals surface area contributed by atoms with Gasteiger partial charge in [-0.3, -0.25) is 62.3 Å². The highest BCUT2D eigenvalue weighted by Crippen LogP contribution is 2.25. The fourth-order valence-corrected chi connectivity index (χ4v) is 12.3. The van der Waals surface area contributed by atoms with Gasteiger partial charge in [0.15, 0.2) is 0 Å². The van der Waals surface area contributed by atoms with Gasteiger partial charge in [0.05, 0.1) is 6.10 Å². The van der Waals surface area contributed by atoms with Crippen molar-refractivity contribution in [2.75, 3.05) is 13.1 Å². The SMILES string of the molecule is CCC(C)CCCCCCCCCCCCC(=O)NC(CCC(=O)O)C(=O)NC(CCCN)C(=O)NC1Cc2ccc(cc2)OC(=O)C(C(C)CC)NC(=O)C(Cc2ccc(O)cc2)NC(=O)C(CCC(N)=O)NC(=O)C2CCCN2C(=O)C(C)(C)NC(=O)C(CCC(=O)O)NC(=O)C(C(C)O)NC1=O. The van der Waals surface area contributed by atoms with Crippen LogP contribution < -0.4 is 64.1 Å². The van der Waals surface area contributed by atoms with E-state index < -0.39 is 193 Å². The normalized spacial score (nSPS) is 21.6. The number of esters is 1. The van der Waals surface area contributed by atoms with Gasteiger partial charge in [0.25, 0.3) is 0 Å². The molecular weight excluding hydrogens is 1360 g/mol. The number of fused-ring (bicyclic) bond motifs is 23. The quantitative estimate of drug-likeness (QED) is 0.0202. The second-order valence-electron chi connectivity index (χ2n) is 28.3. The van der Waals surface area contributed by atoms with Crippen LogP contribution >= 0.6 is 0 Å². The minimum atomic E-state index is -1.97. The van der Waals surface area contributed by atoms with Gasteiger partial charge < -0.3 is 89.4 Å². The van der Waals surface area contributed by atoms with Gasteiger partial charge in [-0.05, 0) is 126 Å². The van der Waals surface area contributed by atoms with Crippen LogP contribution in [0.25, 0.3) is 0 Å². The highest BCUT2D eigenvalue weighted by atomic mass is 16.5. The lowest BCUT2D eigenvalue weighted by atomic mass is 9.97. The maximum Gasteiger partial charge on any atom is 0.334 e. The second kappa shape index (κ2) is 45.2. The van der Waals surface area contributed by atoms with E-state index in [4.69, 9.17) is 16.2 Å². The van der Waals surface area contributed by atoms with Crippen molar-refractivity contribution in [3.63, 3.8) is 0 Å². The van der Waals surface area contributed by atoms with E-state index in [0.717, 1.165) is 49.8 Å². The summed E-state index contributed by atoms with van der Waals surface area (Å²) in [6, 6.07) is -3.09. The zero-order chi connectivity index (χ0) is 77.9. The summed E-state index contributed by atoms with van der Waals surface area (Å²) in [5.41, 5.74) is 10.1. The number of aliphatic hydroxyl groups excluding tert-OH is 1. The summed E-state index contributed by atoms with van der Waals surface area (Å²) >= 11 is 0. The van der Waals surface area contributed by atoms with E-state index in [-0.39, 0.29) is 75.1 Å². The number of aromatic hydroxyl groups is 1. The molecule has 584 valence electrons. The third-order valence-electron chi connectivity index (χ3n) is 19.1. The number of phenolic OH excluding ortho intramolecular Hbond substituents is 1. The summed E-state index contributed by atoms with van der Waals surface area (Å²) in [7, 11) is 0. The third kappa shape index (κ3) is 31.1. The number of benzene rings is 2. The molecule has 0 saturated carbocycles. The molecule has 105 heavy (non-hydrogen) atoms. The first-order valence-corrected chi connectivity index (χ1v) is 37.0. The Labute approximate surface area is 614 Å². The first-order chi connectivity index (χ1) is 49.8. The lowest BCUT2D eigenvalue weighted by Crippen LogP contribution is -2.64. The maximum atomic E-state index is 14.8. The number of amides is 11. The molecule has 11 amide bonds. The summed E-state index contributed by atoms with van der Waals surface area (Å²) in [5.74, 6) is -14.1. The number of carbonyl (C=O) groups excluding carboxylic acids is 12. The average molecular weight is 1480 g/mol. The molecule has 5 rings (SSSR count). The zero-order valence-electron chi connectivity index (χ0n) is 61.9. The smallest absolute Gasteiger partial charge is 0.334 e. The Bertz CT molecular complexity index is 3240. The number of nitrogens with zero attached hydrogens (tertiary/aromatic N) is 1.